The molecule has 2 aromatic rings. The predicted octanol–water partition coefficient (Wildman–Crippen LogP) is 3.94. The summed E-state index contributed by atoms with van der Waals surface area (Å²) in [6, 6.07) is 15.4. The van der Waals surface area contributed by atoms with Crippen LogP contribution in [0.25, 0.3) is 0 Å². The lowest BCUT2D eigenvalue weighted by Crippen LogP contribution is -2.47. The number of sulfonamides is 1. The van der Waals surface area contributed by atoms with Gasteiger partial charge in [0.2, 0.25) is 15.9 Å². The average Bonchev–Trinajstić information content (AvgIpc) is 2.73. The molecule has 3 rings (SSSR count). The molecule has 1 fully saturated rings. The summed E-state index contributed by atoms with van der Waals surface area (Å²) in [6.07, 6.45) is 5.38. The summed E-state index contributed by atoms with van der Waals surface area (Å²) >= 11 is 6.22. The van der Waals surface area contributed by atoms with Gasteiger partial charge < -0.3 is 10.6 Å². The lowest BCUT2D eigenvalue weighted by molar-refractivity contribution is -0.132. The van der Waals surface area contributed by atoms with Crippen molar-refractivity contribution < 1.29 is 13.2 Å². The molecule has 1 aliphatic rings. The molecule has 0 bridgehead atoms. The Bertz CT molecular complexity index is 1050. The molecule has 32 heavy (non-hydrogen) atoms. The summed E-state index contributed by atoms with van der Waals surface area (Å²) in [5.41, 5.74) is 8.81. The second kappa shape index (κ2) is 10.2. The lowest BCUT2D eigenvalue weighted by atomic mass is 9.68. The Morgan fingerprint density at radius 1 is 1.19 bits per heavy atom. The maximum Gasteiger partial charge on any atom is 0.229 e. The van der Waals surface area contributed by atoms with Crippen molar-refractivity contribution in [3.63, 3.8) is 0 Å². The van der Waals surface area contributed by atoms with E-state index in [9.17, 15) is 13.2 Å². The molecule has 1 aliphatic carbocycles. The van der Waals surface area contributed by atoms with Gasteiger partial charge in [-0.25, -0.2) is 8.42 Å². The zero-order chi connectivity index (χ0) is 23.4. The fourth-order valence-corrected chi connectivity index (χ4v) is 5.49. The van der Waals surface area contributed by atoms with E-state index in [1.165, 1.54) is 5.56 Å². The quantitative estimate of drug-likeness (QED) is 0.602. The molecule has 0 aromatic heterocycles. The van der Waals surface area contributed by atoms with Crippen LogP contribution in [0.5, 0.6) is 0 Å². The van der Waals surface area contributed by atoms with Crippen molar-refractivity contribution in [2.75, 3.05) is 24.1 Å². The molecule has 0 saturated heterocycles. The van der Waals surface area contributed by atoms with Crippen molar-refractivity contribution in [2.24, 2.45) is 5.73 Å². The molecule has 8 heteroatoms. The number of hydrogen-bond donors (Lipinski definition) is 2. The molecule has 6 nitrogen and oxygen atoms in total. The van der Waals surface area contributed by atoms with E-state index in [1.54, 1.807) is 13.0 Å². The van der Waals surface area contributed by atoms with Crippen molar-refractivity contribution in [2.45, 2.75) is 50.5 Å². The third-order valence-corrected chi connectivity index (χ3v) is 7.30. The fourth-order valence-electron chi connectivity index (χ4n) is 4.75. The number of carbonyl (C=O) groups excluding carboxylic acids is 1. The zero-order valence-electron chi connectivity index (χ0n) is 18.7. The summed E-state index contributed by atoms with van der Waals surface area (Å²) in [5, 5.41) is 0.718. The second-order valence-electron chi connectivity index (χ2n) is 8.76. The lowest BCUT2D eigenvalue weighted by Gasteiger charge is -2.43. The van der Waals surface area contributed by atoms with Crippen molar-refractivity contribution in [1.29, 1.82) is 0 Å². The first-order valence-corrected chi connectivity index (χ1v) is 13.2. The standard InChI is InChI=1S/C24H32ClN3O3S/c1-18(29)28(14-11-19-5-3-8-22(15-19)27-32(2,30)31)23-9-12-24(17-26,13-10-23)20-6-4-7-21(25)16-20/h3-8,15-16,23,27H,9-14,17,26H2,1-2H3/t23-,24-. The number of hydrogen-bond acceptors (Lipinski definition) is 4. The van der Waals surface area contributed by atoms with Crippen molar-refractivity contribution in [1.82, 2.24) is 4.90 Å². The van der Waals surface area contributed by atoms with E-state index in [2.05, 4.69) is 10.8 Å². The van der Waals surface area contributed by atoms with Crippen LogP contribution in [0.15, 0.2) is 48.5 Å². The summed E-state index contributed by atoms with van der Waals surface area (Å²) in [7, 11) is -3.33. The molecule has 3 N–H and O–H groups in total. The summed E-state index contributed by atoms with van der Waals surface area (Å²) < 4.78 is 25.5. The number of benzene rings is 2. The van der Waals surface area contributed by atoms with Crippen LogP contribution in [0, 0.1) is 0 Å². The first-order chi connectivity index (χ1) is 15.1. The minimum absolute atomic E-state index is 0.0587. The SMILES string of the molecule is CC(=O)N(CCc1cccc(NS(C)(=O)=O)c1)[C@H]1CC[C@](CN)(c2cccc(Cl)c2)CC1. The van der Waals surface area contributed by atoms with Crippen LogP contribution >= 0.6 is 11.6 Å². The van der Waals surface area contributed by atoms with Gasteiger partial charge in [-0.15, -0.1) is 0 Å². The van der Waals surface area contributed by atoms with E-state index in [1.807, 2.05) is 41.3 Å². The maximum absolute atomic E-state index is 12.5. The van der Waals surface area contributed by atoms with Gasteiger partial charge in [-0.1, -0.05) is 35.9 Å². The number of nitrogens with zero attached hydrogens (tertiary/aromatic N) is 1. The van der Waals surface area contributed by atoms with Gasteiger partial charge in [0.25, 0.3) is 0 Å². The number of anilines is 1. The summed E-state index contributed by atoms with van der Waals surface area (Å²) in [4.78, 5) is 14.4. The molecule has 0 heterocycles. The van der Waals surface area contributed by atoms with Crippen molar-refractivity contribution >= 4 is 33.2 Å². The first kappa shape index (κ1) is 24.6. The van der Waals surface area contributed by atoms with E-state index < -0.39 is 10.0 Å². The largest absolute Gasteiger partial charge is 0.340 e. The Labute approximate surface area is 196 Å². The summed E-state index contributed by atoms with van der Waals surface area (Å²) in [6.45, 7) is 2.76. The Hall–Kier alpha value is -2.09. The van der Waals surface area contributed by atoms with Crippen LogP contribution in [0.2, 0.25) is 5.02 Å². The molecule has 174 valence electrons. The molecule has 0 unspecified atom stereocenters. The van der Waals surface area contributed by atoms with Crippen molar-refractivity contribution in [3.05, 3.63) is 64.7 Å². The molecule has 0 spiro atoms. The Morgan fingerprint density at radius 3 is 2.47 bits per heavy atom. The number of carbonyl (C=O) groups is 1. The minimum atomic E-state index is -3.33. The van der Waals surface area contributed by atoms with Gasteiger partial charge in [-0.05, 0) is 67.5 Å². The smallest absolute Gasteiger partial charge is 0.229 e. The van der Waals surface area contributed by atoms with Gasteiger partial charge in [0.15, 0.2) is 0 Å². The molecule has 0 radical (unpaired) electrons. The fraction of sp³-hybridized carbons (Fsp3) is 0.458. The van der Waals surface area contributed by atoms with E-state index in [0.29, 0.717) is 25.2 Å². The molecule has 2 aromatic carbocycles. The van der Waals surface area contributed by atoms with Gasteiger partial charge in [-0.2, -0.15) is 0 Å². The Morgan fingerprint density at radius 2 is 1.88 bits per heavy atom. The highest BCUT2D eigenvalue weighted by molar-refractivity contribution is 7.92. The Balaban J connectivity index is 1.66. The topological polar surface area (TPSA) is 92.5 Å². The van der Waals surface area contributed by atoms with Crippen LogP contribution in [-0.2, 0) is 26.7 Å². The van der Waals surface area contributed by atoms with Gasteiger partial charge in [0.1, 0.15) is 0 Å². The third kappa shape index (κ3) is 6.24. The van der Waals surface area contributed by atoms with Crippen LogP contribution in [0.3, 0.4) is 0 Å². The Kier molecular flexibility index (Phi) is 7.85. The van der Waals surface area contributed by atoms with Gasteiger partial charge in [0.05, 0.1) is 6.26 Å². The highest BCUT2D eigenvalue weighted by Crippen LogP contribution is 2.40. The highest BCUT2D eigenvalue weighted by Gasteiger charge is 2.38. The molecule has 1 saturated carbocycles. The third-order valence-electron chi connectivity index (χ3n) is 6.46. The normalized spacial score (nSPS) is 21.2. The highest BCUT2D eigenvalue weighted by atomic mass is 35.5. The van der Waals surface area contributed by atoms with Crippen molar-refractivity contribution in [3.8, 4) is 0 Å². The van der Waals surface area contributed by atoms with E-state index in [-0.39, 0.29) is 17.4 Å². The van der Waals surface area contributed by atoms with E-state index in [0.717, 1.165) is 42.5 Å². The van der Waals surface area contributed by atoms with Gasteiger partial charge in [-0.3, -0.25) is 9.52 Å². The molecule has 0 aliphatic heterocycles. The number of nitrogens with one attached hydrogen (secondary N) is 1. The van der Waals surface area contributed by atoms with E-state index >= 15 is 0 Å². The van der Waals surface area contributed by atoms with Crippen LogP contribution < -0.4 is 10.5 Å². The number of amides is 1. The average molecular weight is 478 g/mol. The van der Waals surface area contributed by atoms with Gasteiger partial charge >= 0.3 is 0 Å². The minimum Gasteiger partial charge on any atom is -0.340 e. The maximum atomic E-state index is 12.5. The monoisotopic (exact) mass is 477 g/mol. The summed E-state index contributed by atoms with van der Waals surface area (Å²) in [5.74, 6) is 0.0587. The van der Waals surface area contributed by atoms with E-state index in [4.69, 9.17) is 17.3 Å². The molecular weight excluding hydrogens is 446 g/mol. The van der Waals surface area contributed by atoms with Gasteiger partial charge in [0, 0.05) is 42.2 Å². The van der Waals surface area contributed by atoms with Crippen LogP contribution in [-0.4, -0.2) is 44.6 Å². The molecular formula is C24H32ClN3O3S. The first-order valence-electron chi connectivity index (χ1n) is 10.9. The molecule has 1 amide bonds. The predicted molar refractivity (Wildman–Crippen MR) is 130 cm³/mol. The number of nitrogens with two attached hydrogens (primary N) is 1. The second-order valence-corrected chi connectivity index (χ2v) is 10.9. The van der Waals surface area contributed by atoms with Crippen LogP contribution in [0.4, 0.5) is 5.69 Å². The van der Waals surface area contributed by atoms with Crippen LogP contribution in [0.1, 0.15) is 43.7 Å². The number of halogens is 1. The number of rotatable bonds is 8. The molecule has 0 atom stereocenters. The zero-order valence-corrected chi connectivity index (χ0v) is 20.3.